The number of carbonyl (C=O) groups excluding carboxylic acids is 1. The van der Waals surface area contributed by atoms with E-state index in [4.69, 9.17) is 5.11 Å². The van der Waals surface area contributed by atoms with Gasteiger partial charge in [0.2, 0.25) is 0 Å². The maximum atomic E-state index is 12.2. The maximum Gasteiger partial charge on any atom is 0.317 e. The van der Waals surface area contributed by atoms with Gasteiger partial charge in [0, 0.05) is 32.8 Å². The third-order valence-corrected chi connectivity index (χ3v) is 4.19. The van der Waals surface area contributed by atoms with Crippen molar-refractivity contribution in [1.82, 2.24) is 15.1 Å². The Morgan fingerprint density at radius 3 is 2.50 bits per heavy atom. The molecule has 1 aliphatic heterocycles. The summed E-state index contributed by atoms with van der Waals surface area (Å²) in [6, 6.07) is 8.21. The lowest BCUT2D eigenvalue weighted by atomic mass is 9.98. The number of urea groups is 1. The Hall–Kier alpha value is -1.59. The van der Waals surface area contributed by atoms with Crippen LogP contribution in [-0.2, 0) is 13.1 Å². The second-order valence-corrected chi connectivity index (χ2v) is 6.28. The molecule has 5 nitrogen and oxygen atoms in total. The lowest BCUT2D eigenvalue weighted by Gasteiger charge is -2.31. The number of piperidine rings is 1. The van der Waals surface area contributed by atoms with Gasteiger partial charge in [-0.25, -0.2) is 4.79 Å². The summed E-state index contributed by atoms with van der Waals surface area (Å²) >= 11 is 0. The molecular formula is C17H27N3O2. The highest BCUT2D eigenvalue weighted by Crippen LogP contribution is 2.16. The van der Waals surface area contributed by atoms with Crippen LogP contribution in [0.5, 0.6) is 0 Å². The Morgan fingerprint density at radius 2 is 1.91 bits per heavy atom. The minimum Gasteiger partial charge on any atom is -0.396 e. The van der Waals surface area contributed by atoms with Crippen molar-refractivity contribution in [2.45, 2.75) is 25.9 Å². The van der Waals surface area contributed by atoms with Crippen molar-refractivity contribution >= 4 is 6.03 Å². The first-order valence-electron chi connectivity index (χ1n) is 7.95. The SMILES string of the molecule is CN(C)Cc1ccccc1CNC(=O)N1CCC(CO)CC1. The van der Waals surface area contributed by atoms with E-state index >= 15 is 0 Å². The number of amides is 2. The van der Waals surface area contributed by atoms with Gasteiger partial charge in [-0.3, -0.25) is 0 Å². The molecule has 22 heavy (non-hydrogen) atoms. The number of benzene rings is 1. The van der Waals surface area contributed by atoms with Crippen LogP contribution < -0.4 is 5.32 Å². The van der Waals surface area contributed by atoms with Gasteiger partial charge in [-0.1, -0.05) is 24.3 Å². The highest BCUT2D eigenvalue weighted by atomic mass is 16.3. The van der Waals surface area contributed by atoms with Crippen LogP contribution in [0.25, 0.3) is 0 Å². The van der Waals surface area contributed by atoms with Crippen molar-refractivity contribution < 1.29 is 9.90 Å². The van der Waals surface area contributed by atoms with E-state index in [-0.39, 0.29) is 12.6 Å². The van der Waals surface area contributed by atoms with E-state index in [1.54, 1.807) is 0 Å². The van der Waals surface area contributed by atoms with Crippen molar-refractivity contribution in [2.24, 2.45) is 5.92 Å². The minimum absolute atomic E-state index is 0.00366. The molecule has 0 radical (unpaired) electrons. The molecule has 0 bridgehead atoms. The Labute approximate surface area is 132 Å². The summed E-state index contributed by atoms with van der Waals surface area (Å²) in [5.41, 5.74) is 2.40. The van der Waals surface area contributed by atoms with Crippen LogP contribution in [0.15, 0.2) is 24.3 Å². The summed E-state index contributed by atoms with van der Waals surface area (Å²) in [5, 5.41) is 12.2. The summed E-state index contributed by atoms with van der Waals surface area (Å²) in [6.07, 6.45) is 1.78. The Morgan fingerprint density at radius 1 is 1.27 bits per heavy atom. The first-order chi connectivity index (χ1) is 10.6. The van der Waals surface area contributed by atoms with E-state index in [9.17, 15) is 4.79 Å². The third-order valence-electron chi connectivity index (χ3n) is 4.19. The monoisotopic (exact) mass is 305 g/mol. The van der Waals surface area contributed by atoms with E-state index in [1.807, 2.05) is 31.1 Å². The van der Waals surface area contributed by atoms with Gasteiger partial charge in [-0.05, 0) is 44.0 Å². The van der Waals surface area contributed by atoms with Crippen LogP contribution in [-0.4, -0.2) is 54.7 Å². The van der Waals surface area contributed by atoms with E-state index in [0.29, 0.717) is 12.5 Å². The first-order valence-corrected chi connectivity index (χ1v) is 7.95. The highest BCUT2D eigenvalue weighted by molar-refractivity contribution is 5.74. The lowest BCUT2D eigenvalue weighted by molar-refractivity contribution is 0.137. The highest BCUT2D eigenvalue weighted by Gasteiger charge is 2.22. The van der Waals surface area contributed by atoms with Crippen molar-refractivity contribution in [3.05, 3.63) is 35.4 Å². The number of carbonyl (C=O) groups is 1. The quantitative estimate of drug-likeness (QED) is 0.870. The molecule has 2 amide bonds. The lowest BCUT2D eigenvalue weighted by Crippen LogP contribution is -2.44. The zero-order valence-corrected chi connectivity index (χ0v) is 13.6. The molecule has 2 N–H and O–H groups in total. The zero-order chi connectivity index (χ0) is 15.9. The number of hydrogen-bond donors (Lipinski definition) is 2. The molecule has 1 saturated heterocycles. The maximum absolute atomic E-state index is 12.2. The Bertz CT molecular complexity index is 483. The van der Waals surface area contributed by atoms with Crippen LogP contribution in [0, 0.1) is 5.92 Å². The standard InChI is InChI=1S/C17H27N3O2/c1-19(2)12-16-6-4-3-5-15(16)11-18-17(22)20-9-7-14(13-21)8-10-20/h3-6,14,21H,7-13H2,1-2H3,(H,18,22). The number of hydrogen-bond acceptors (Lipinski definition) is 3. The number of nitrogens with one attached hydrogen (secondary N) is 1. The van der Waals surface area contributed by atoms with Crippen LogP contribution in [0.3, 0.4) is 0 Å². The first kappa shape index (κ1) is 16.8. The smallest absolute Gasteiger partial charge is 0.317 e. The predicted octanol–water partition coefficient (Wildman–Crippen LogP) is 1.66. The van der Waals surface area contributed by atoms with E-state index in [1.165, 1.54) is 5.56 Å². The zero-order valence-electron chi connectivity index (χ0n) is 13.6. The molecule has 122 valence electrons. The average molecular weight is 305 g/mol. The molecule has 5 heteroatoms. The van der Waals surface area contributed by atoms with Gasteiger partial charge in [0.05, 0.1) is 0 Å². The fraction of sp³-hybridized carbons (Fsp3) is 0.588. The molecule has 0 aromatic heterocycles. The number of nitrogens with zero attached hydrogens (tertiary/aromatic N) is 2. The number of likely N-dealkylation sites (tertiary alicyclic amines) is 1. The molecule has 1 aromatic carbocycles. The van der Waals surface area contributed by atoms with Gasteiger partial charge < -0.3 is 20.2 Å². The van der Waals surface area contributed by atoms with Gasteiger partial charge >= 0.3 is 6.03 Å². The van der Waals surface area contributed by atoms with Crippen LogP contribution in [0.4, 0.5) is 4.79 Å². The summed E-state index contributed by atoms with van der Waals surface area (Å²) in [4.78, 5) is 16.2. The molecule has 0 unspecified atom stereocenters. The third kappa shape index (κ3) is 4.71. The molecule has 0 spiro atoms. The Balaban J connectivity index is 1.86. The summed E-state index contributed by atoms with van der Waals surface area (Å²) in [5.74, 6) is 0.352. The molecule has 1 aromatic rings. The second kappa shape index (κ2) is 8.15. The topological polar surface area (TPSA) is 55.8 Å². The minimum atomic E-state index is -0.00366. The molecule has 1 fully saturated rings. The van der Waals surface area contributed by atoms with E-state index in [0.717, 1.165) is 38.0 Å². The molecule has 1 heterocycles. The molecule has 0 saturated carbocycles. The van der Waals surface area contributed by atoms with Crippen LogP contribution in [0.2, 0.25) is 0 Å². The van der Waals surface area contributed by atoms with Gasteiger partial charge in [-0.2, -0.15) is 0 Å². The number of aliphatic hydroxyl groups is 1. The predicted molar refractivity (Wildman–Crippen MR) is 87.5 cm³/mol. The fourth-order valence-corrected chi connectivity index (χ4v) is 2.83. The van der Waals surface area contributed by atoms with Gasteiger partial charge in [0.1, 0.15) is 0 Å². The van der Waals surface area contributed by atoms with Crippen molar-refractivity contribution in [3.63, 3.8) is 0 Å². The van der Waals surface area contributed by atoms with E-state index in [2.05, 4.69) is 22.3 Å². The Kier molecular flexibility index (Phi) is 6.21. The summed E-state index contributed by atoms with van der Waals surface area (Å²) in [6.45, 7) is 3.12. The second-order valence-electron chi connectivity index (χ2n) is 6.28. The van der Waals surface area contributed by atoms with E-state index < -0.39 is 0 Å². The summed E-state index contributed by atoms with van der Waals surface area (Å²) < 4.78 is 0. The van der Waals surface area contributed by atoms with Gasteiger partial charge in [-0.15, -0.1) is 0 Å². The van der Waals surface area contributed by atoms with Crippen LogP contribution in [0.1, 0.15) is 24.0 Å². The van der Waals surface area contributed by atoms with Gasteiger partial charge in [0.25, 0.3) is 0 Å². The van der Waals surface area contributed by atoms with Crippen LogP contribution >= 0.6 is 0 Å². The molecular weight excluding hydrogens is 278 g/mol. The molecule has 0 aliphatic carbocycles. The largest absolute Gasteiger partial charge is 0.396 e. The summed E-state index contributed by atoms with van der Waals surface area (Å²) in [7, 11) is 4.08. The number of aliphatic hydroxyl groups excluding tert-OH is 1. The van der Waals surface area contributed by atoms with Crippen molar-refractivity contribution in [2.75, 3.05) is 33.8 Å². The molecule has 2 rings (SSSR count). The molecule has 1 aliphatic rings. The van der Waals surface area contributed by atoms with Crippen molar-refractivity contribution in [1.29, 1.82) is 0 Å². The normalized spacial score (nSPS) is 16.1. The number of rotatable bonds is 5. The molecule has 0 atom stereocenters. The fourth-order valence-electron chi connectivity index (χ4n) is 2.83. The average Bonchev–Trinajstić information content (AvgIpc) is 2.53. The van der Waals surface area contributed by atoms with Crippen molar-refractivity contribution in [3.8, 4) is 0 Å². The van der Waals surface area contributed by atoms with Gasteiger partial charge in [0.15, 0.2) is 0 Å².